The van der Waals surface area contributed by atoms with Crippen LogP contribution in [0.5, 0.6) is 0 Å². The molecule has 2 amide bonds. The number of hydrogen-bond acceptors (Lipinski definition) is 5. The van der Waals surface area contributed by atoms with Crippen LogP contribution in [0.2, 0.25) is 0 Å². The minimum Gasteiger partial charge on any atom is -0.359 e. The lowest BCUT2D eigenvalue weighted by molar-refractivity contribution is -0.140. The molecule has 0 saturated carbocycles. The Balaban J connectivity index is 1.52. The van der Waals surface area contributed by atoms with Crippen molar-refractivity contribution in [1.82, 2.24) is 24.9 Å². The van der Waals surface area contributed by atoms with Gasteiger partial charge in [-0.05, 0) is 26.2 Å². The second kappa shape index (κ2) is 8.37. The molecule has 1 unspecified atom stereocenters. The second-order valence-corrected chi connectivity index (χ2v) is 7.35. The molecule has 3 heterocycles. The molecule has 1 atom stereocenters. The summed E-state index contributed by atoms with van der Waals surface area (Å²) >= 11 is 0. The van der Waals surface area contributed by atoms with Crippen LogP contribution in [0.25, 0.3) is 0 Å². The van der Waals surface area contributed by atoms with E-state index in [0.717, 1.165) is 25.0 Å². The monoisotopic (exact) mass is 373 g/mol. The van der Waals surface area contributed by atoms with Gasteiger partial charge in [-0.3, -0.25) is 9.59 Å². The zero-order valence-electron chi connectivity index (χ0n) is 16.0. The normalized spacial score (nSPS) is 19.9. The average Bonchev–Trinajstić information content (AvgIpc) is 3.35. The van der Waals surface area contributed by atoms with Gasteiger partial charge in [0.25, 0.3) is 0 Å². The first-order valence-corrected chi connectivity index (χ1v) is 9.46. The lowest BCUT2D eigenvalue weighted by atomic mass is 9.80. The highest BCUT2D eigenvalue weighted by molar-refractivity contribution is 5.84. The molecule has 2 aromatic heterocycles. The zero-order valence-corrected chi connectivity index (χ0v) is 16.0. The summed E-state index contributed by atoms with van der Waals surface area (Å²) in [5, 5.41) is 6.87. The highest BCUT2D eigenvalue weighted by Crippen LogP contribution is 2.30. The first-order valence-electron chi connectivity index (χ1n) is 9.46. The van der Waals surface area contributed by atoms with E-state index in [2.05, 4.69) is 15.5 Å². The lowest BCUT2D eigenvalue weighted by Crippen LogP contribution is -2.51. The van der Waals surface area contributed by atoms with E-state index in [4.69, 9.17) is 4.52 Å². The summed E-state index contributed by atoms with van der Waals surface area (Å²) in [6.45, 7) is 5.99. The Hall–Kier alpha value is -2.64. The van der Waals surface area contributed by atoms with E-state index in [1.54, 1.807) is 12.5 Å². The number of amides is 2. The molecule has 3 rings (SSSR count). The molecular formula is C19H27N5O3. The molecule has 1 saturated heterocycles. The van der Waals surface area contributed by atoms with Crippen LogP contribution >= 0.6 is 0 Å². The fraction of sp³-hybridized carbons (Fsp3) is 0.579. The van der Waals surface area contributed by atoms with Crippen LogP contribution in [0.4, 0.5) is 0 Å². The molecule has 8 heteroatoms. The van der Waals surface area contributed by atoms with Crippen LogP contribution in [0.3, 0.4) is 0 Å². The van der Waals surface area contributed by atoms with E-state index in [0.29, 0.717) is 38.4 Å². The van der Waals surface area contributed by atoms with Gasteiger partial charge in [0, 0.05) is 44.5 Å². The highest BCUT2D eigenvalue weighted by Gasteiger charge is 2.39. The predicted octanol–water partition coefficient (Wildman–Crippen LogP) is 1.77. The number of nitrogens with zero attached hydrogens (tertiary/aromatic N) is 4. The van der Waals surface area contributed by atoms with Gasteiger partial charge in [-0.15, -0.1) is 0 Å². The third-order valence-corrected chi connectivity index (χ3v) is 5.13. The summed E-state index contributed by atoms with van der Waals surface area (Å²) in [5.74, 6) is 0.669. The van der Waals surface area contributed by atoms with Crippen LogP contribution in [-0.4, -0.2) is 44.5 Å². The van der Waals surface area contributed by atoms with Crippen molar-refractivity contribution >= 4 is 11.8 Å². The maximum atomic E-state index is 12.8. The van der Waals surface area contributed by atoms with Gasteiger partial charge in [-0.1, -0.05) is 12.1 Å². The number of aromatic nitrogens is 3. The lowest BCUT2D eigenvalue weighted by Gasteiger charge is -2.39. The molecule has 0 aliphatic carbocycles. The molecule has 8 nitrogen and oxygen atoms in total. The quantitative estimate of drug-likeness (QED) is 0.798. The molecule has 0 spiro atoms. The molecule has 1 aliphatic rings. The van der Waals surface area contributed by atoms with Gasteiger partial charge in [0.2, 0.25) is 11.8 Å². The molecule has 1 fully saturated rings. The van der Waals surface area contributed by atoms with E-state index < -0.39 is 5.41 Å². The van der Waals surface area contributed by atoms with Crippen molar-refractivity contribution in [2.75, 3.05) is 13.1 Å². The van der Waals surface area contributed by atoms with E-state index >= 15 is 0 Å². The van der Waals surface area contributed by atoms with Crippen LogP contribution in [0.1, 0.15) is 44.6 Å². The van der Waals surface area contributed by atoms with Gasteiger partial charge in [-0.25, -0.2) is 4.98 Å². The molecule has 0 radical (unpaired) electrons. The number of likely N-dealkylation sites (tertiary alicyclic amines) is 1. The molecule has 1 N–H and O–H groups in total. The van der Waals surface area contributed by atoms with Crippen molar-refractivity contribution in [3.8, 4) is 0 Å². The second-order valence-electron chi connectivity index (χ2n) is 7.35. The van der Waals surface area contributed by atoms with Crippen molar-refractivity contribution in [2.45, 2.75) is 52.6 Å². The Morgan fingerprint density at radius 1 is 1.41 bits per heavy atom. The summed E-state index contributed by atoms with van der Waals surface area (Å²) in [7, 11) is 0. The summed E-state index contributed by atoms with van der Waals surface area (Å²) in [6, 6.07) is 1.86. The van der Waals surface area contributed by atoms with E-state index in [-0.39, 0.29) is 11.8 Å². The fourth-order valence-corrected chi connectivity index (χ4v) is 3.43. The molecular weight excluding hydrogens is 346 g/mol. The van der Waals surface area contributed by atoms with Crippen molar-refractivity contribution in [3.05, 3.63) is 36.2 Å². The minimum absolute atomic E-state index is 0.0518. The summed E-state index contributed by atoms with van der Waals surface area (Å²) in [6.07, 6.45) is 8.04. The van der Waals surface area contributed by atoms with Crippen LogP contribution in [-0.2, 0) is 29.1 Å². The predicted molar refractivity (Wildman–Crippen MR) is 98.5 cm³/mol. The fourth-order valence-electron chi connectivity index (χ4n) is 3.43. The number of carbonyl (C=O) groups is 2. The first-order chi connectivity index (χ1) is 13.0. The van der Waals surface area contributed by atoms with Gasteiger partial charge in [0.1, 0.15) is 0 Å². The van der Waals surface area contributed by atoms with Crippen molar-refractivity contribution in [3.63, 3.8) is 0 Å². The maximum Gasteiger partial charge on any atom is 0.228 e. The minimum atomic E-state index is -0.587. The van der Waals surface area contributed by atoms with Gasteiger partial charge in [0.05, 0.1) is 24.0 Å². The van der Waals surface area contributed by atoms with Crippen LogP contribution < -0.4 is 5.32 Å². The molecule has 2 aromatic rings. The van der Waals surface area contributed by atoms with Gasteiger partial charge >= 0.3 is 0 Å². The summed E-state index contributed by atoms with van der Waals surface area (Å²) in [5.41, 5.74) is 0.286. The maximum absolute atomic E-state index is 12.8. The number of aryl methyl sites for hydroxylation is 2. The van der Waals surface area contributed by atoms with E-state index in [9.17, 15) is 9.59 Å². The molecule has 0 bridgehead atoms. The van der Waals surface area contributed by atoms with Gasteiger partial charge < -0.3 is 19.3 Å². The Bertz CT molecular complexity index is 770. The molecule has 27 heavy (non-hydrogen) atoms. The van der Waals surface area contributed by atoms with E-state index in [1.807, 2.05) is 35.6 Å². The summed E-state index contributed by atoms with van der Waals surface area (Å²) < 4.78 is 7.10. The smallest absolute Gasteiger partial charge is 0.228 e. The Kier molecular flexibility index (Phi) is 5.93. The Morgan fingerprint density at radius 2 is 2.26 bits per heavy atom. The number of rotatable bonds is 7. The zero-order chi connectivity index (χ0) is 19.3. The van der Waals surface area contributed by atoms with Crippen molar-refractivity contribution < 1.29 is 14.1 Å². The number of hydrogen-bond donors (Lipinski definition) is 1. The average molecular weight is 373 g/mol. The molecule has 1 aliphatic heterocycles. The Morgan fingerprint density at radius 3 is 2.96 bits per heavy atom. The summed E-state index contributed by atoms with van der Waals surface area (Å²) in [4.78, 5) is 31.1. The molecule has 146 valence electrons. The first kappa shape index (κ1) is 19.1. The standard InChI is InChI=1S/C19H27N5O3/c1-3-15-11-16(27-22-15)12-21-18(26)19(2)6-4-8-24(13-19)17(25)5-9-23-10-7-20-14-23/h7,10-11,14H,3-6,8-9,12-13H2,1-2H3,(H,21,26). The van der Waals surface area contributed by atoms with Crippen LogP contribution in [0, 0.1) is 5.41 Å². The topological polar surface area (TPSA) is 93.3 Å². The van der Waals surface area contributed by atoms with Gasteiger partial charge in [0.15, 0.2) is 5.76 Å². The number of carbonyl (C=O) groups excluding carboxylic acids is 2. The Labute approximate surface area is 158 Å². The van der Waals surface area contributed by atoms with Crippen LogP contribution in [0.15, 0.2) is 29.3 Å². The largest absolute Gasteiger partial charge is 0.359 e. The molecule has 0 aromatic carbocycles. The van der Waals surface area contributed by atoms with E-state index in [1.165, 1.54) is 0 Å². The van der Waals surface area contributed by atoms with Gasteiger partial charge in [-0.2, -0.15) is 0 Å². The third kappa shape index (κ3) is 4.75. The number of piperidine rings is 1. The SMILES string of the molecule is CCc1cc(CNC(=O)C2(C)CCCN(C(=O)CCn3ccnc3)C2)on1. The number of imidazole rings is 1. The van der Waals surface area contributed by atoms with Crippen molar-refractivity contribution in [2.24, 2.45) is 5.41 Å². The highest BCUT2D eigenvalue weighted by atomic mass is 16.5. The third-order valence-electron chi connectivity index (χ3n) is 5.13. The van der Waals surface area contributed by atoms with Crippen molar-refractivity contribution in [1.29, 1.82) is 0 Å². The number of nitrogens with one attached hydrogen (secondary N) is 1.